The van der Waals surface area contributed by atoms with Crippen molar-refractivity contribution in [2.75, 3.05) is 43.5 Å². The van der Waals surface area contributed by atoms with Crippen LogP contribution in [0.5, 0.6) is 5.75 Å². The summed E-state index contributed by atoms with van der Waals surface area (Å²) >= 11 is 0. The third kappa shape index (κ3) is 6.09. The maximum atomic E-state index is 11.2. The van der Waals surface area contributed by atoms with Gasteiger partial charge in [0, 0.05) is 49.7 Å². The first-order chi connectivity index (χ1) is 17.4. The Balaban J connectivity index is 1.49. The summed E-state index contributed by atoms with van der Waals surface area (Å²) in [4.78, 5) is 30.9. The smallest absolute Gasteiger partial charge is 0.335 e. The molecule has 0 spiro atoms. The van der Waals surface area contributed by atoms with E-state index in [2.05, 4.69) is 15.1 Å². The molecule has 10 heteroatoms. The van der Waals surface area contributed by atoms with Crippen molar-refractivity contribution < 1.29 is 19.6 Å². The quantitative estimate of drug-likeness (QED) is 0.220. The minimum Gasteiger partial charge on any atom is -0.497 e. The van der Waals surface area contributed by atoms with E-state index in [1.165, 1.54) is 12.1 Å². The van der Waals surface area contributed by atoms with Crippen molar-refractivity contribution in [2.45, 2.75) is 6.54 Å². The minimum absolute atomic E-state index is 0.0717. The molecule has 0 amide bonds. The molecule has 36 heavy (non-hydrogen) atoms. The molecule has 4 rings (SSSR count). The van der Waals surface area contributed by atoms with E-state index >= 15 is 0 Å². The molecule has 1 fully saturated rings. The normalized spacial score (nSPS) is 13.9. The fourth-order valence-electron chi connectivity index (χ4n) is 3.94. The Morgan fingerprint density at radius 1 is 1.06 bits per heavy atom. The van der Waals surface area contributed by atoms with Crippen molar-refractivity contribution >= 4 is 29.0 Å². The number of nitrogens with zero attached hydrogens (tertiary/aromatic N) is 4. The average Bonchev–Trinajstić information content (AvgIpc) is 2.91. The molecule has 0 atom stereocenters. The molecule has 3 aromatic carbocycles. The van der Waals surface area contributed by atoms with Crippen LogP contribution in [-0.2, 0) is 6.54 Å². The number of hydrogen-bond acceptors (Lipinski definition) is 6. The number of non-ortho nitro benzene ring substituents is 1. The van der Waals surface area contributed by atoms with E-state index in [1.807, 2.05) is 24.3 Å². The van der Waals surface area contributed by atoms with E-state index in [4.69, 9.17) is 9.73 Å². The third-order valence-corrected chi connectivity index (χ3v) is 5.94. The van der Waals surface area contributed by atoms with Crippen LogP contribution in [0, 0.1) is 10.1 Å². The fraction of sp³-hybridized carbons (Fsp3) is 0.231. The predicted octanol–water partition coefficient (Wildman–Crippen LogP) is 4.09. The van der Waals surface area contributed by atoms with E-state index in [9.17, 15) is 20.0 Å². The molecule has 186 valence electrons. The highest BCUT2D eigenvalue weighted by Gasteiger charge is 2.21. The molecule has 0 aliphatic carbocycles. The van der Waals surface area contributed by atoms with Gasteiger partial charge in [-0.15, -0.1) is 0 Å². The average molecular weight is 490 g/mol. The van der Waals surface area contributed by atoms with Crippen LogP contribution in [0.15, 0.2) is 77.8 Å². The van der Waals surface area contributed by atoms with Gasteiger partial charge in [-0.3, -0.25) is 10.1 Å². The Labute approximate surface area is 208 Å². The van der Waals surface area contributed by atoms with Gasteiger partial charge in [0.15, 0.2) is 5.96 Å². The summed E-state index contributed by atoms with van der Waals surface area (Å²) in [6.45, 7) is 3.25. The lowest BCUT2D eigenvalue weighted by atomic mass is 10.2. The van der Waals surface area contributed by atoms with Crippen LogP contribution < -0.4 is 15.0 Å². The molecule has 0 unspecified atom stereocenters. The topological polar surface area (TPSA) is 121 Å². The number of carboxylic acids is 1. The number of rotatable bonds is 7. The Morgan fingerprint density at radius 2 is 1.75 bits per heavy atom. The molecule has 0 saturated carbocycles. The maximum Gasteiger partial charge on any atom is 0.335 e. The number of hydrogen-bond donors (Lipinski definition) is 2. The summed E-state index contributed by atoms with van der Waals surface area (Å²) in [5.74, 6) is 0.471. The number of ether oxygens (including phenoxy) is 1. The van der Waals surface area contributed by atoms with Crippen LogP contribution in [0.1, 0.15) is 15.9 Å². The minimum atomic E-state index is -0.976. The molecule has 0 bridgehead atoms. The summed E-state index contributed by atoms with van der Waals surface area (Å²) in [7, 11) is 1.63. The number of aliphatic imine (C=N–C) groups is 1. The number of anilines is 2. The standard InChI is InChI=1S/C26H27N5O5/c1-36-24-4-2-3-19(17-24)18-27-26(28-21-7-5-20(6-8-21)25(32)33)30-15-13-29(14-16-30)22-9-11-23(12-10-22)31(34)35/h2-12,17H,13-16,18H2,1H3,(H,27,28)(H,32,33). The summed E-state index contributed by atoms with van der Waals surface area (Å²) in [6, 6.07) is 20.9. The number of nitrogens with one attached hydrogen (secondary N) is 1. The molecule has 1 heterocycles. The maximum absolute atomic E-state index is 11.2. The van der Waals surface area contributed by atoms with Gasteiger partial charge in [-0.1, -0.05) is 12.1 Å². The molecule has 0 radical (unpaired) electrons. The van der Waals surface area contributed by atoms with Gasteiger partial charge in [0.1, 0.15) is 5.75 Å². The van der Waals surface area contributed by atoms with E-state index in [0.29, 0.717) is 25.6 Å². The number of benzene rings is 3. The van der Waals surface area contributed by atoms with Crippen LogP contribution in [-0.4, -0.2) is 60.1 Å². The third-order valence-electron chi connectivity index (χ3n) is 5.94. The lowest BCUT2D eigenvalue weighted by Gasteiger charge is -2.37. The number of nitro benzene ring substituents is 1. The van der Waals surface area contributed by atoms with Gasteiger partial charge >= 0.3 is 5.97 Å². The number of guanidine groups is 1. The predicted molar refractivity (Wildman–Crippen MR) is 138 cm³/mol. The summed E-state index contributed by atoms with van der Waals surface area (Å²) in [5.41, 5.74) is 2.96. The Kier molecular flexibility index (Phi) is 7.64. The van der Waals surface area contributed by atoms with Crippen LogP contribution >= 0.6 is 0 Å². The molecule has 2 N–H and O–H groups in total. The zero-order valence-electron chi connectivity index (χ0n) is 19.8. The van der Waals surface area contributed by atoms with Crippen LogP contribution in [0.2, 0.25) is 0 Å². The van der Waals surface area contributed by atoms with Gasteiger partial charge < -0.3 is 25.0 Å². The molecule has 0 aromatic heterocycles. The Hall–Kier alpha value is -4.60. The van der Waals surface area contributed by atoms with Gasteiger partial charge in [0.05, 0.1) is 24.1 Å². The van der Waals surface area contributed by atoms with Crippen molar-refractivity contribution in [3.05, 3.63) is 94.0 Å². The molecule has 10 nitrogen and oxygen atoms in total. The van der Waals surface area contributed by atoms with Gasteiger partial charge in [0.25, 0.3) is 5.69 Å². The highest BCUT2D eigenvalue weighted by Crippen LogP contribution is 2.21. The number of nitro groups is 1. The molecule has 1 aliphatic rings. The zero-order chi connectivity index (χ0) is 25.5. The molecule has 1 aliphatic heterocycles. The van der Waals surface area contributed by atoms with Gasteiger partial charge in [0.2, 0.25) is 0 Å². The van der Waals surface area contributed by atoms with Crippen molar-refractivity contribution in [3.8, 4) is 5.75 Å². The van der Waals surface area contributed by atoms with Crippen molar-refractivity contribution in [2.24, 2.45) is 4.99 Å². The van der Waals surface area contributed by atoms with Crippen LogP contribution in [0.3, 0.4) is 0 Å². The van der Waals surface area contributed by atoms with Gasteiger partial charge in [-0.05, 0) is 54.1 Å². The van der Waals surface area contributed by atoms with Crippen LogP contribution in [0.4, 0.5) is 17.1 Å². The number of carboxylic acid groups (broad SMARTS) is 1. The zero-order valence-corrected chi connectivity index (χ0v) is 19.8. The largest absolute Gasteiger partial charge is 0.497 e. The molecule has 3 aromatic rings. The Bertz CT molecular complexity index is 1240. The molecular weight excluding hydrogens is 462 g/mol. The van der Waals surface area contributed by atoms with Crippen molar-refractivity contribution in [1.82, 2.24) is 4.90 Å². The number of piperazine rings is 1. The highest BCUT2D eigenvalue weighted by atomic mass is 16.6. The molecule has 1 saturated heterocycles. The van der Waals surface area contributed by atoms with E-state index in [1.54, 1.807) is 43.5 Å². The van der Waals surface area contributed by atoms with Crippen LogP contribution in [0.25, 0.3) is 0 Å². The first kappa shape index (κ1) is 24.5. The van der Waals surface area contributed by atoms with Crippen molar-refractivity contribution in [3.63, 3.8) is 0 Å². The summed E-state index contributed by atoms with van der Waals surface area (Å²) in [5, 5.41) is 23.5. The summed E-state index contributed by atoms with van der Waals surface area (Å²) in [6.07, 6.45) is 0. The van der Waals surface area contributed by atoms with E-state index in [-0.39, 0.29) is 11.3 Å². The number of methoxy groups -OCH3 is 1. The second-order valence-electron chi connectivity index (χ2n) is 8.25. The number of aromatic carboxylic acids is 1. The summed E-state index contributed by atoms with van der Waals surface area (Å²) < 4.78 is 5.31. The fourth-order valence-corrected chi connectivity index (χ4v) is 3.94. The van der Waals surface area contributed by atoms with E-state index < -0.39 is 10.9 Å². The highest BCUT2D eigenvalue weighted by molar-refractivity contribution is 5.95. The second-order valence-corrected chi connectivity index (χ2v) is 8.25. The van der Waals surface area contributed by atoms with Gasteiger partial charge in [-0.25, -0.2) is 9.79 Å². The first-order valence-electron chi connectivity index (χ1n) is 11.4. The second kappa shape index (κ2) is 11.2. The lowest BCUT2D eigenvalue weighted by Crippen LogP contribution is -2.50. The Morgan fingerprint density at radius 3 is 2.36 bits per heavy atom. The number of carbonyl (C=O) groups is 1. The van der Waals surface area contributed by atoms with Crippen molar-refractivity contribution in [1.29, 1.82) is 0 Å². The SMILES string of the molecule is COc1cccc(CN=C(Nc2ccc(C(=O)O)cc2)N2CCN(c3ccc([N+](=O)[O-])cc3)CC2)c1. The van der Waals surface area contributed by atoms with E-state index in [0.717, 1.165) is 35.8 Å². The molecular formula is C26H27N5O5. The van der Waals surface area contributed by atoms with Gasteiger partial charge in [-0.2, -0.15) is 0 Å². The lowest BCUT2D eigenvalue weighted by molar-refractivity contribution is -0.384. The first-order valence-corrected chi connectivity index (χ1v) is 11.4. The monoisotopic (exact) mass is 489 g/mol.